The average Bonchev–Trinajstić information content (AvgIpc) is 1.86. The van der Waals surface area contributed by atoms with Gasteiger partial charge in [0.15, 0.2) is 5.85 Å². The minimum atomic E-state index is -4.33. The molecular weight excluding hydrogens is 175 g/mol. The molecule has 8 nitrogen and oxygen atoms in total. The Morgan fingerprint density at radius 3 is 2.00 bits per heavy atom. The van der Waals surface area contributed by atoms with Crippen LogP contribution in [0.5, 0.6) is 0 Å². The number of nitrogens with zero attached hydrogens (tertiary/aromatic N) is 2. The van der Waals surface area contributed by atoms with E-state index in [9.17, 15) is 4.57 Å². The van der Waals surface area contributed by atoms with Crippen molar-refractivity contribution in [3.8, 4) is 0 Å². The molecule has 6 N–H and O–H groups in total. The van der Waals surface area contributed by atoms with E-state index in [-0.39, 0.29) is 0 Å². The summed E-state index contributed by atoms with van der Waals surface area (Å²) >= 11 is 0. The molecule has 0 aromatic carbocycles. The minimum Gasteiger partial charge on any atom is -0.379 e. The third-order valence-corrected chi connectivity index (χ3v) is 1.59. The highest BCUT2D eigenvalue weighted by atomic mass is 31.2. The lowest BCUT2D eigenvalue weighted by Crippen LogP contribution is -2.19. The Balaban J connectivity index is 0. The Morgan fingerprint density at radius 2 is 2.00 bits per heavy atom. The topological polar surface area (TPSA) is 164 Å². The van der Waals surface area contributed by atoms with Gasteiger partial charge in [0.2, 0.25) is 0 Å². The first-order valence-corrected chi connectivity index (χ1v) is 4.02. The molecule has 1 atom stereocenters. The molecule has 0 aliphatic rings. The highest BCUT2D eigenvalue weighted by Crippen LogP contribution is 2.38. The summed E-state index contributed by atoms with van der Waals surface area (Å²) in [7, 11) is -4.33. The largest absolute Gasteiger partial charge is 0.379 e. The SMILES string of the molecule is NCC(O)P(=O)(O)O.[N-]=[N+]=N. The van der Waals surface area contributed by atoms with E-state index >= 15 is 0 Å². The Labute approximate surface area is 62.2 Å². The molecule has 0 radical (unpaired) electrons. The maximum Gasteiger partial charge on any atom is 0.355 e. The molecule has 0 fully saturated rings. The van der Waals surface area contributed by atoms with Crippen molar-refractivity contribution in [1.82, 2.24) is 0 Å². The number of rotatable bonds is 2. The molecule has 0 saturated heterocycles. The van der Waals surface area contributed by atoms with Gasteiger partial charge in [-0.05, 0) is 10.4 Å². The molecule has 9 heteroatoms. The third-order valence-electron chi connectivity index (χ3n) is 0.599. The third kappa shape index (κ3) is 9.38. The van der Waals surface area contributed by atoms with Crippen molar-refractivity contribution < 1.29 is 19.5 Å². The number of nitrogens with one attached hydrogen (secondary N) is 1. The van der Waals surface area contributed by atoms with Gasteiger partial charge in [-0.3, -0.25) is 4.57 Å². The second-order valence-corrected chi connectivity index (χ2v) is 3.18. The van der Waals surface area contributed by atoms with Crippen molar-refractivity contribution in [2.75, 3.05) is 6.54 Å². The summed E-state index contributed by atoms with van der Waals surface area (Å²) in [5.41, 5.74) is 17.0. The fraction of sp³-hybridized carbons (Fsp3) is 1.00. The quantitative estimate of drug-likeness (QED) is 0.166. The fourth-order valence-electron chi connectivity index (χ4n) is 0.137. The van der Waals surface area contributed by atoms with Crippen molar-refractivity contribution in [3.63, 3.8) is 0 Å². The van der Waals surface area contributed by atoms with E-state index in [0.29, 0.717) is 0 Å². The van der Waals surface area contributed by atoms with Crippen LogP contribution in [0.25, 0.3) is 10.4 Å². The predicted molar refractivity (Wildman–Crippen MR) is 36.5 cm³/mol. The van der Waals surface area contributed by atoms with Gasteiger partial charge in [-0.1, -0.05) is 0 Å². The lowest BCUT2D eigenvalue weighted by Gasteiger charge is -2.07. The molecule has 66 valence electrons. The van der Waals surface area contributed by atoms with Gasteiger partial charge in [0.25, 0.3) is 0 Å². The molecule has 0 aromatic rings. The van der Waals surface area contributed by atoms with Gasteiger partial charge < -0.3 is 20.6 Å². The monoisotopic (exact) mass is 184 g/mol. The highest BCUT2D eigenvalue weighted by Gasteiger charge is 2.23. The summed E-state index contributed by atoms with van der Waals surface area (Å²) in [6.07, 6.45) is 0. The van der Waals surface area contributed by atoms with Gasteiger partial charge in [0.1, 0.15) is 0 Å². The van der Waals surface area contributed by atoms with E-state index in [1.807, 2.05) is 0 Å². The molecule has 0 heterocycles. The van der Waals surface area contributed by atoms with Crippen LogP contribution in [0.15, 0.2) is 0 Å². The first kappa shape index (κ1) is 13.0. The van der Waals surface area contributed by atoms with Crippen molar-refractivity contribution in [2.24, 2.45) is 5.73 Å². The van der Waals surface area contributed by atoms with Crippen LogP contribution >= 0.6 is 7.60 Å². The molecule has 0 aliphatic carbocycles. The minimum absolute atomic E-state index is 0.412. The van der Waals surface area contributed by atoms with Crippen LogP contribution in [0.3, 0.4) is 0 Å². The number of aliphatic hydroxyl groups excluding tert-OH is 1. The lowest BCUT2D eigenvalue weighted by molar-refractivity contribution is 0.208. The van der Waals surface area contributed by atoms with E-state index in [0.717, 1.165) is 0 Å². The van der Waals surface area contributed by atoms with Crippen LogP contribution < -0.4 is 5.73 Å². The van der Waals surface area contributed by atoms with Crippen LogP contribution in [-0.2, 0) is 4.57 Å². The molecule has 0 saturated carbocycles. The van der Waals surface area contributed by atoms with E-state index in [1.165, 1.54) is 0 Å². The maximum absolute atomic E-state index is 9.93. The van der Waals surface area contributed by atoms with Gasteiger partial charge in [0.05, 0.1) is 0 Å². The van der Waals surface area contributed by atoms with Crippen molar-refractivity contribution >= 4 is 7.60 Å². The summed E-state index contributed by atoms with van der Waals surface area (Å²) in [5.74, 6) is -1.71. The predicted octanol–water partition coefficient (Wildman–Crippen LogP) is -0.683. The highest BCUT2D eigenvalue weighted by molar-refractivity contribution is 7.52. The van der Waals surface area contributed by atoms with E-state index < -0.39 is 20.0 Å². The van der Waals surface area contributed by atoms with E-state index in [1.54, 1.807) is 4.91 Å². The molecule has 0 bridgehead atoms. The molecular formula is C2H9N4O4P. The van der Waals surface area contributed by atoms with Crippen molar-refractivity contribution in [3.05, 3.63) is 10.4 Å². The molecule has 11 heavy (non-hydrogen) atoms. The average molecular weight is 184 g/mol. The van der Waals surface area contributed by atoms with Gasteiger partial charge in [0, 0.05) is 6.54 Å². The number of hydrogen-bond donors (Lipinski definition) is 5. The Hall–Kier alpha value is -0.620. The summed E-state index contributed by atoms with van der Waals surface area (Å²) in [4.78, 5) is 17.9. The van der Waals surface area contributed by atoms with E-state index in [4.69, 9.17) is 31.7 Å². The van der Waals surface area contributed by atoms with Crippen LogP contribution in [0, 0.1) is 5.53 Å². The standard InChI is InChI=1S/C2H8NO4P.HN3/c3-1-2(4)8(5,6)7;1-3-2/h2,4H,1,3H2,(H2,5,6,7);1H. The van der Waals surface area contributed by atoms with Gasteiger partial charge in [-0.2, -0.15) is 0 Å². The Morgan fingerprint density at radius 1 is 1.73 bits per heavy atom. The Kier molecular flexibility index (Phi) is 7.23. The fourth-order valence-corrected chi connectivity index (χ4v) is 0.412. The summed E-state index contributed by atoms with van der Waals surface area (Å²) in [6, 6.07) is 0. The van der Waals surface area contributed by atoms with Crippen LogP contribution in [0.1, 0.15) is 0 Å². The second kappa shape index (κ2) is 6.11. The normalized spacial score (nSPS) is 12.4. The zero-order chi connectivity index (χ0) is 9.49. The summed E-state index contributed by atoms with van der Waals surface area (Å²) < 4.78 is 9.93. The molecule has 0 spiro atoms. The van der Waals surface area contributed by atoms with Gasteiger partial charge in [-0.25, -0.2) is 0 Å². The van der Waals surface area contributed by atoms with Crippen LogP contribution in [-0.4, -0.2) is 27.3 Å². The first-order chi connectivity index (χ1) is 4.90. The number of aliphatic hydroxyl groups is 1. The smallest absolute Gasteiger partial charge is 0.355 e. The lowest BCUT2D eigenvalue weighted by atomic mass is 10.7. The number of nitrogens with two attached hydrogens (primary N) is 1. The number of hydrogen-bond acceptors (Lipinski definition) is 4. The summed E-state index contributed by atoms with van der Waals surface area (Å²) in [6.45, 7) is -0.412. The molecule has 0 aliphatic heterocycles. The molecule has 0 rings (SSSR count). The zero-order valence-electron chi connectivity index (χ0n) is 5.45. The molecule has 0 amide bonds. The molecule has 1 unspecified atom stereocenters. The van der Waals surface area contributed by atoms with Crippen molar-refractivity contribution in [2.45, 2.75) is 5.85 Å². The maximum atomic E-state index is 9.93. The first-order valence-electron chi connectivity index (χ1n) is 2.34. The zero-order valence-corrected chi connectivity index (χ0v) is 6.35. The van der Waals surface area contributed by atoms with Crippen LogP contribution in [0.4, 0.5) is 0 Å². The van der Waals surface area contributed by atoms with Crippen LogP contribution in [0.2, 0.25) is 0 Å². The molecule has 0 aromatic heterocycles. The van der Waals surface area contributed by atoms with E-state index in [2.05, 4.69) is 0 Å². The van der Waals surface area contributed by atoms with Gasteiger partial charge >= 0.3 is 7.60 Å². The van der Waals surface area contributed by atoms with Gasteiger partial charge in [-0.15, -0.1) is 5.53 Å². The summed E-state index contributed by atoms with van der Waals surface area (Å²) in [5, 5.41) is 8.31. The second-order valence-electron chi connectivity index (χ2n) is 1.41. The Bertz CT molecular complexity index is 171. The van der Waals surface area contributed by atoms with Crippen molar-refractivity contribution in [1.29, 1.82) is 5.53 Å².